The molecule has 0 spiro atoms. The Bertz CT molecular complexity index is 1170. The number of esters is 1. The van der Waals surface area contributed by atoms with Gasteiger partial charge in [-0.1, -0.05) is 0 Å². The van der Waals surface area contributed by atoms with Gasteiger partial charge < -0.3 is 24.8 Å². The van der Waals surface area contributed by atoms with Gasteiger partial charge in [-0.05, 0) is 69.6 Å². The van der Waals surface area contributed by atoms with Gasteiger partial charge >= 0.3 is 5.97 Å². The fraction of sp³-hybridized carbons (Fsp3) is 0.692. The van der Waals surface area contributed by atoms with Crippen molar-refractivity contribution in [1.29, 1.82) is 0 Å². The average molecular weight is 515 g/mol. The average Bonchev–Trinajstić information content (AvgIpc) is 3.27. The lowest BCUT2D eigenvalue weighted by Gasteiger charge is -2.59. The Morgan fingerprint density at radius 2 is 2.03 bits per heavy atom. The van der Waals surface area contributed by atoms with E-state index in [4.69, 9.17) is 14.5 Å². The summed E-state index contributed by atoms with van der Waals surface area (Å²) in [6.07, 6.45) is 4.77. The summed E-state index contributed by atoms with van der Waals surface area (Å²) in [5.41, 5.74) is 0.409. The molecule has 3 heterocycles. The topological polar surface area (TPSA) is 125 Å². The largest absolute Gasteiger partial charge is 0.469 e. The number of ether oxygens (including phenoxy) is 2. The van der Waals surface area contributed by atoms with Crippen LogP contribution in [0.15, 0.2) is 6.07 Å². The van der Waals surface area contributed by atoms with Gasteiger partial charge in [0.25, 0.3) is 0 Å². The number of nitrogens with zero attached hydrogens (tertiary/aromatic N) is 4. The van der Waals surface area contributed by atoms with E-state index in [1.165, 1.54) is 7.11 Å². The zero-order valence-corrected chi connectivity index (χ0v) is 21.5. The van der Waals surface area contributed by atoms with Crippen molar-refractivity contribution in [2.45, 2.75) is 69.6 Å². The highest BCUT2D eigenvalue weighted by molar-refractivity contribution is 5.72. The normalized spacial score (nSPS) is 34.4. The van der Waals surface area contributed by atoms with E-state index in [9.17, 15) is 9.90 Å². The van der Waals surface area contributed by atoms with Crippen molar-refractivity contribution in [3.05, 3.63) is 23.3 Å². The van der Waals surface area contributed by atoms with E-state index in [0.29, 0.717) is 42.5 Å². The molecule has 7 rings (SSSR count). The molecule has 3 N–H and O–H groups in total. The first-order chi connectivity index (χ1) is 17.7. The number of carbonyl (C=O) groups is 1. The van der Waals surface area contributed by atoms with Crippen molar-refractivity contribution in [2.75, 3.05) is 31.0 Å². The molecule has 5 fully saturated rings. The quantitative estimate of drug-likeness (QED) is 0.497. The Morgan fingerprint density at radius 1 is 1.27 bits per heavy atom. The monoisotopic (exact) mass is 514 g/mol. The minimum Gasteiger partial charge on any atom is -0.469 e. The number of anilines is 3. The van der Waals surface area contributed by atoms with E-state index in [1.807, 2.05) is 14.0 Å². The first-order valence-corrected chi connectivity index (χ1v) is 13.2. The van der Waals surface area contributed by atoms with E-state index < -0.39 is 17.5 Å². The number of hydrogen-bond acceptors (Lipinski definition) is 9. The maximum Gasteiger partial charge on any atom is 0.308 e. The van der Waals surface area contributed by atoms with Crippen molar-refractivity contribution in [3.63, 3.8) is 0 Å². The second-order valence-electron chi connectivity index (χ2n) is 11.5. The van der Waals surface area contributed by atoms with Crippen LogP contribution in [0.3, 0.4) is 0 Å². The summed E-state index contributed by atoms with van der Waals surface area (Å²) in [5.74, 6) is 0.812. The van der Waals surface area contributed by atoms with E-state index in [1.54, 1.807) is 6.07 Å². The molecule has 2 aromatic heterocycles. The number of methoxy groups -OCH3 is 1. The summed E-state index contributed by atoms with van der Waals surface area (Å²) >= 11 is 0. The number of hydrogen-bond donors (Lipinski definition) is 3. The van der Waals surface area contributed by atoms with Crippen LogP contribution < -0.4 is 10.2 Å². The van der Waals surface area contributed by atoms with Crippen LogP contribution in [0.1, 0.15) is 62.4 Å². The van der Waals surface area contributed by atoms with Crippen molar-refractivity contribution >= 4 is 23.6 Å². The predicted octanol–water partition coefficient (Wildman–Crippen LogP) is 3.41. The van der Waals surface area contributed by atoms with Crippen LogP contribution in [0, 0.1) is 36.4 Å². The Hall–Kier alpha value is -2.79. The van der Waals surface area contributed by atoms with Crippen molar-refractivity contribution in [2.24, 2.45) is 23.7 Å². The summed E-state index contributed by atoms with van der Waals surface area (Å²) in [6.45, 7) is 2.18. The Labute approximate surface area is 215 Å². The van der Waals surface area contributed by atoms with Gasteiger partial charge in [-0.3, -0.25) is 9.89 Å². The first kappa shape index (κ1) is 24.5. The minimum atomic E-state index is -0.700. The molecule has 1 aliphatic heterocycles. The molecular weight excluding hydrogens is 479 g/mol. The lowest BCUT2D eigenvalue weighted by atomic mass is 9.52. The number of rotatable bonds is 6. The predicted molar refractivity (Wildman–Crippen MR) is 133 cm³/mol. The van der Waals surface area contributed by atoms with E-state index >= 15 is 4.39 Å². The molecular formula is C26H35FN6O4. The molecule has 4 aliphatic carbocycles. The Balaban J connectivity index is 1.35. The third-order valence-electron chi connectivity index (χ3n) is 8.89. The maximum atomic E-state index is 15.9. The summed E-state index contributed by atoms with van der Waals surface area (Å²) in [7, 11) is 3.33. The van der Waals surface area contributed by atoms with Crippen molar-refractivity contribution in [3.8, 4) is 0 Å². The Kier molecular flexibility index (Phi) is 6.10. The third-order valence-corrected chi connectivity index (χ3v) is 8.89. The molecule has 10 nitrogen and oxygen atoms in total. The number of carbonyl (C=O) groups excluding carboxylic acids is 1. The van der Waals surface area contributed by atoms with Gasteiger partial charge in [0.15, 0.2) is 17.5 Å². The van der Waals surface area contributed by atoms with E-state index in [2.05, 4.69) is 25.4 Å². The van der Waals surface area contributed by atoms with Gasteiger partial charge in [0.05, 0.1) is 18.6 Å². The maximum absolute atomic E-state index is 15.9. The second kappa shape index (κ2) is 9.20. The summed E-state index contributed by atoms with van der Waals surface area (Å²) in [5, 5.41) is 21.1. The van der Waals surface area contributed by atoms with Crippen molar-refractivity contribution < 1.29 is 23.8 Å². The number of nitrogens with one attached hydrogen (secondary N) is 2. The van der Waals surface area contributed by atoms with E-state index in [-0.39, 0.29) is 35.9 Å². The van der Waals surface area contributed by atoms with Gasteiger partial charge in [0.1, 0.15) is 11.8 Å². The fourth-order valence-electron chi connectivity index (χ4n) is 7.60. The molecule has 4 saturated carbocycles. The van der Waals surface area contributed by atoms with Crippen LogP contribution in [-0.2, 0) is 14.3 Å². The number of aryl methyl sites for hydroxylation is 1. The second-order valence-corrected chi connectivity index (χ2v) is 11.5. The van der Waals surface area contributed by atoms with Crippen LogP contribution >= 0.6 is 0 Å². The zero-order valence-electron chi connectivity index (χ0n) is 21.5. The van der Waals surface area contributed by atoms with Crippen LogP contribution in [0.4, 0.5) is 22.0 Å². The summed E-state index contributed by atoms with van der Waals surface area (Å²) in [6, 6.07) is 1.94. The number of halogens is 1. The molecule has 0 radical (unpaired) electrons. The van der Waals surface area contributed by atoms with Crippen LogP contribution in [0.25, 0.3) is 0 Å². The summed E-state index contributed by atoms with van der Waals surface area (Å²) in [4.78, 5) is 23.6. The highest BCUT2D eigenvalue weighted by atomic mass is 19.1. The third kappa shape index (κ3) is 4.46. The van der Waals surface area contributed by atoms with Gasteiger partial charge in [0.2, 0.25) is 5.95 Å². The van der Waals surface area contributed by atoms with E-state index in [0.717, 1.165) is 37.8 Å². The lowest BCUT2D eigenvalue weighted by molar-refractivity contribution is -0.151. The highest BCUT2D eigenvalue weighted by Gasteiger charge is 2.56. The summed E-state index contributed by atoms with van der Waals surface area (Å²) < 4.78 is 26.8. The molecule has 37 heavy (non-hydrogen) atoms. The first-order valence-electron chi connectivity index (χ1n) is 13.2. The van der Waals surface area contributed by atoms with Gasteiger partial charge in [0, 0.05) is 31.5 Å². The standard InChI is InChI=1S/C26H35FN6O4/c1-13-6-19(32-31-13)28-23-20(27)21(18-9-15(4-5-37-18)24(34)36-3)29-25(30-23)33(2)22-16-7-14-8-17(22)12-26(35,10-14)11-16/h6,14-18,22,35H,4-5,7-12H2,1-3H3,(H2,28,29,30,31,32). The smallest absolute Gasteiger partial charge is 0.308 e. The molecule has 4 bridgehead atoms. The zero-order chi connectivity index (χ0) is 25.9. The van der Waals surface area contributed by atoms with Crippen LogP contribution in [0.2, 0.25) is 0 Å². The molecule has 1 saturated heterocycles. The number of aromatic nitrogens is 4. The molecule has 4 unspecified atom stereocenters. The molecule has 0 amide bonds. The highest BCUT2D eigenvalue weighted by Crippen LogP contribution is 2.57. The van der Waals surface area contributed by atoms with Crippen LogP contribution in [0.5, 0.6) is 0 Å². The van der Waals surface area contributed by atoms with Gasteiger partial charge in [-0.15, -0.1) is 0 Å². The molecule has 5 aliphatic rings. The molecule has 4 atom stereocenters. The molecule has 2 aromatic rings. The molecule has 0 aromatic carbocycles. The lowest BCUT2D eigenvalue weighted by Crippen LogP contribution is -2.61. The SMILES string of the molecule is COC(=O)C1CCOC(c2nc(N(C)C3C4CC5CC3CC(O)(C5)C4)nc(Nc3cc(C)[nH]n3)c2F)C1. The molecule has 200 valence electrons. The van der Waals surface area contributed by atoms with Gasteiger partial charge in [-0.2, -0.15) is 10.1 Å². The van der Waals surface area contributed by atoms with Crippen molar-refractivity contribution in [1.82, 2.24) is 20.2 Å². The molecule has 11 heteroatoms. The number of H-pyrrole nitrogens is 1. The fourth-order valence-corrected chi connectivity index (χ4v) is 7.60. The van der Waals surface area contributed by atoms with Crippen LogP contribution in [-0.4, -0.2) is 63.6 Å². The minimum absolute atomic E-state index is 0.0181. The van der Waals surface area contributed by atoms with Gasteiger partial charge in [-0.25, -0.2) is 9.37 Å². The Morgan fingerprint density at radius 3 is 2.68 bits per heavy atom. The number of aliphatic hydroxyl groups is 1. The number of aromatic amines is 1.